The van der Waals surface area contributed by atoms with Crippen molar-refractivity contribution in [1.82, 2.24) is 0 Å². The van der Waals surface area contributed by atoms with Crippen LogP contribution in [-0.2, 0) is 0 Å². The van der Waals surface area contributed by atoms with Gasteiger partial charge in [-0.3, -0.25) is 0 Å². The maximum atomic E-state index is 6.66. The summed E-state index contributed by atoms with van der Waals surface area (Å²) in [5.41, 5.74) is 3.30. The molecule has 0 N–H and O–H groups in total. The van der Waals surface area contributed by atoms with Crippen LogP contribution in [0, 0.1) is 6.92 Å². The van der Waals surface area contributed by atoms with Crippen LogP contribution in [0.1, 0.15) is 47.1 Å². The average molecular weight is 493 g/mol. The van der Waals surface area contributed by atoms with Crippen LogP contribution in [0.3, 0.4) is 0 Å². The summed E-state index contributed by atoms with van der Waals surface area (Å²) in [6.45, 7) is 14.6. The maximum absolute atomic E-state index is 6.66. The Morgan fingerprint density at radius 1 is 0.405 bits per heavy atom. The van der Waals surface area contributed by atoms with Crippen LogP contribution in [0.15, 0.2) is 72.8 Å². The highest BCUT2D eigenvalue weighted by atomic mass is 16.5. The van der Waals surface area contributed by atoms with Crippen molar-refractivity contribution < 1.29 is 14.2 Å². The highest BCUT2D eigenvalue weighted by molar-refractivity contribution is 6.19. The van der Waals surface area contributed by atoms with Crippen molar-refractivity contribution in [2.24, 2.45) is 0 Å². The fourth-order valence-corrected chi connectivity index (χ4v) is 5.27. The van der Waals surface area contributed by atoms with E-state index in [1.807, 2.05) is 0 Å². The zero-order chi connectivity index (χ0) is 26.3. The van der Waals surface area contributed by atoms with Gasteiger partial charge in [0, 0.05) is 38.2 Å². The van der Waals surface area contributed by atoms with Gasteiger partial charge in [-0.1, -0.05) is 72.8 Å². The molecule has 0 heterocycles. The molecule has 0 aromatic heterocycles. The predicted molar refractivity (Wildman–Crippen MR) is 156 cm³/mol. The molecule has 0 atom stereocenters. The Labute approximate surface area is 220 Å². The highest BCUT2D eigenvalue weighted by Gasteiger charge is 2.26. The van der Waals surface area contributed by atoms with E-state index < -0.39 is 0 Å². The van der Waals surface area contributed by atoms with E-state index >= 15 is 0 Å². The quantitative estimate of drug-likeness (QED) is 0.212. The van der Waals surface area contributed by atoms with E-state index in [1.165, 1.54) is 0 Å². The molecule has 0 spiro atoms. The van der Waals surface area contributed by atoms with Crippen LogP contribution in [0.2, 0.25) is 0 Å². The lowest BCUT2D eigenvalue weighted by Gasteiger charge is -2.26. The van der Waals surface area contributed by atoms with E-state index in [1.54, 1.807) is 0 Å². The molecular weight excluding hydrogens is 456 g/mol. The Morgan fingerprint density at radius 3 is 1.16 bits per heavy atom. The van der Waals surface area contributed by atoms with Gasteiger partial charge in [-0.05, 0) is 59.2 Å². The Balaban J connectivity index is 2.02. The molecule has 3 heteroatoms. The van der Waals surface area contributed by atoms with Crippen molar-refractivity contribution >= 4 is 32.3 Å². The summed E-state index contributed by atoms with van der Waals surface area (Å²) in [5.74, 6) is 2.73. The van der Waals surface area contributed by atoms with Crippen LogP contribution >= 0.6 is 0 Å². The summed E-state index contributed by atoms with van der Waals surface area (Å²) in [6.07, 6.45) is 0.118. The van der Waals surface area contributed by atoms with E-state index in [9.17, 15) is 0 Å². The van der Waals surface area contributed by atoms with Crippen LogP contribution in [0.4, 0.5) is 0 Å². The summed E-state index contributed by atoms with van der Waals surface area (Å²) in [5, 5.41) is 6.60. The van der Waals surface area contributed by atoms with Crippen molar-refractivity contribution in [2.75, 3.05) is 0 Å². The molecule has 0 aliphatic heterocycles. The number of hydrogen-bond acceptors (Lipinski definition) is 3. The van der Waals surface area contributed by atoms with Gasteiger partial charge in [0.15, 0.2) is 0 Å². The molecule has 3 nitrogen and oxygen atoms in total. The summed E-state index contributed by atoms with van der Waals surface area (Å²) in [4.78, 5) is 0. The number of ether oxygens (including phenoxy) is 3. The lowest BCUT2D eigenvalue weighted by atomic mass is 9.86. The molecule has 5 rings (SSSR count). The SMILES string of the molecule is Cc1c(-c2c3ccccc3c(OC(C)C)c3ccccc23)c(OC(C)C)c2ccccc2c1OC(C)C. The van der Waals surface area contributed by atoms with Crippen molar-refractivity contribution in [3.05, 3.63) is 78.4 Å². The second-order valence-electron chi connectivity index (χ2n) is 10.5. The minimum absolute atomic E-state index is 0.0134. The average Bonchev–Trinajstić information content (AvgIpc) is 2.87. The van der Waals surface area contributed by atoms with Crippen molar-refractivity contribution in [1.29, 1.82) is 0 Å². The smallest absolute Gasteiger partial charge is 0.135 e. The summed E-state index contributed by atoms with van der Waals surface area (Å²) in [7, 11) is 0. The van der Waals surface area contributed by atoms with E-state index in [0.717, 1.165) is 66.3 Å². The van der Waals surface area contributed by atoms with Crippen molar-refractivity contribution in [2.45, 2.75) is 66.8 Å². The molecule has 0 aliphatic carbocycles. The Bertz CT molecular complexity index is 1540. The molecule has 190 valence electrons. The van der Waals surface area contributed by atoms with E-state index in [4.69, 9.17) is 14.2 Å². The van der Waals surface area contributed by atoms with Gasteiger partial charge in [0.25, 0.3) is 0 Å². The number of hydrogen-bond donors (Lipinski definition) is 0. The van der Waals surface area contributed by atoms with Gasteiger partial charge < -0.3 is 14.2 Å². The third-order valence-electron chi connectivity index (χ3n) is 6.55. The second-order valence-corrected chi connectivity index (χ2v) is 10.5. The molecule has 0 fully saturated rings. The third-order valence-corrected chi connectivity index (χ3v) is 6.55. The molecule has 0 aliphatic rings. The number of benzene rings is 5. The van der Waals surface area contributed by atoms with E-state index in [2.05, 4.69) is 121 Å². The monoisotopic (exact) mass is 492 g/mol. The van der Waals surface area contributed by atoms with Gasteiger partial charge >= 0.3 is 0 Å². The van der Waals surface area contributed by atoms with Gasteiger partial charge in [-0.2, -0.15) is 0 Å². The summed E-state index contributed by atoms with van der Waals surface area (Å²) < 4.78 is 19.6. The topological polar surface area (TPSA) is 27.7 Å². The van der Waals surface area contributed by atoms with Gasteiger partial charge in [0.1, 0.15) is 17.2 Å². The first kappa shape index (κ1) is 25.0. The summed E-state index contributed by atoms with van der Waals surface area (Å²) >= 11 is 0. The van der Waals surface area contributed by atoms with Gasteiger partial charge in [0.2, 0.25) is 0 Å². The molecule has 0 unspecified atom stereocenters. The first-order chi connectivity index (χ1) is 17.8. The number of rotatable bonds is 7. The first-order valence-corrected chi connectivity index (χ1v) is 13.3. The number of fused-ring (bicyclic) bond motifs is 3. The zero-order valence-corrected chi connectivity index (χ0v) is 22.9. The third kappa shape index (κ3) is 4.48. The largest absolute Gasteiger partial charge is 0.490 e. The Morgan fingerprint density at radius 2 is 0.730 bits per heavy atom. The molecular formula is C34H36O3. The van der Waals surface area contributed by atoms with Crippen LogP contribution in [0.25, 0.3) is 43.4 Å². The minimum Gasteiger partial charge on any atom is -0.490 e. The van der Waals surface area contributed by atoms with Crippen molar-refractivity contribution in [3.63, 3.8) is 0 Å². The molecule has 0 radical (unpaired) electrons. The first-order valence-electron chi connectivity index (χ1n) is 13.3. The molecule has 37 heavy (non-hydrogen) atoms. The molecule has 0 bridgehead atoms. The van der Waals surface area contributed by atoms with Gasteiger partial charge in [-0.15, -0.1) is 0 Å². The minimum atomic E-state index is 0.0134. The lowest BCUT2D eigenvalue weighted by molar-refractivity contribution is 0.239. The fourth-order valence-electron chi connectivity index (χ4n) is 5.27. The van der Waals surface area contributed by atoms with Crippen LogP contribution in [0.5, 0.6) is 17.2 Å². The van der Waals surface area contributed by atoms with Crippen molar-refractivity contribution in [3.8, 4) is 28.4 Å². The molecule has 0 amide bonds. The maximum Gasteiger partial charge on any atom is 0.135 e. The predicted octanol–water partition coefficient (Wildman–Crippen LogP) is 9.48. The van der Waals surface area contributed by atoms with E-state index in [0.29, 0.717) is 0 Å². The summed E-state index contributed by atoms with van der Waals surface area (Å²) in [6, 6.07) is 25.5. The normalized spacial score (nSPS) is 11.8. The van der Waals surface area contributed by atoms with Crippen LogP contribution in [-0.4, -0.2) is 18.3 Å². The Kier molecular flexibility index (Phi) is 6.72. The molecule has 5 aromatic rings. The lowest BCUT2D eigenvalue weighted by Crippen LogP contribution is -2.11. The molecule has 5 aromatic carbocycles. The second kappa shape index (κ2) is 9.97. The Hall–Kier alpha value is -3.72. The highest BCUT2D eigenvalue weighted by Crippen LogP contribution is 2.52. The van der Waals surface area contributed by atoms with E-state index in [-0.39, 0.29) is 18.3 Å². The zero-order valence-electron chi connectivity index (χ0n) is 22.9. The molecule has 0 saturated carbocycles. The fraction of sp³-hybridized carbons (Fsp3) is 0.294. The van der Waals surface area contributed by atoms with Gasteiger partial charge in [-0.25, -0.2) is 0 Å². The van der Waals surface area contributed by atoms with Gasteiger partial charge in [0.05, 0.1) is 18.3 Å². The standard InChI is InChI=1S/C34H36O3/c1-20(2)35-32-23(7)30(34(37-22(5)6)29-19-13-12-18-28(29)32)31-24-14-8-10-16-26(24)33(36-21(3)4)27-17-11-9-15-25(27)31/h8-22H,1-7H3. The van der Waals surface area contributed by atoms with Crippen LogP contribution < -0.4 is 14.2 Å². The molecule has 0 saturated heterocycles.